The molecule has 144 valence electrons. The van der Waals surface area contributed by atoms with Gasteiger partial charge in [0.25, 0.3) is 22.2 Å². The molecule has 1 amide bonds. The van der Waals surface area contributed by atoms with E-state index in [1.807, 2.05) is 6.07 Å². The first kappa shape index (κ1) is 20.0. The van der Waals surface area contributed by atoms with E-state index in [-0.39, 0.29) is 13.1 Å². The Kier molecular flexibility index (Phi) is 6.37. The summed E-state index contributed by atoms with van der Waals surface area (Å²) in [6, 6.07) is 9.07. The molecule has 0 saturated heterocycles. The van der Waals surface area contributed by atoms with Crippen LogP contribution in [0.4, 0.5) is 5.69 Å². The van der Waals surface area contributed by atoms with Crippen molar-refractivity contribution in [2.45, 2.75) is 6.54 Å². The Hall–Kier alpha value is -4.27. The third-order valence-electron chi connectivity index (χ3n) is 3.52. The number of hydrogen-bond donors (Lipinski definition) is 1. The number of pyridine rings is 1. The molecule has 12 nitrogen and oxygen atoms in total. The van der Waals surface area contributed by atoms with E-state index in [1.165, 1.54) is 6.07 Å². The Morgan fingerprint density at radius 3 is 2.68 bits per heavy atom. The fraction of sp³-hybridized carbons (Fsp3) is 0.188. The predicted molar refractivity (Wildman–Crippen MR) is 92.9 cm³/mol. The number of nitriles is 1. The average molecular weight is 387 g/mol. The van der Waals surface area contributed by atoms with Gasteiger partial charge in [-0.1, -0.05) is 12.1 Å². The predicted octanol–water partition coefficient (Wildman–Crippen LogP) is 0.615. The summed E-state index contributed by atoms with van der Waals surface area (Å²) in [7, 11) is 0. The van der Waals surface area contributed by atoms with E-state index < -0.39 is 39.3 Å². The molecule has 2 rings (SSSR count). The number of hydrogen-bond acceptors (Lipinski definition) is 8. The minimum atomic E-state index is -1.04. The van der Waals surface area contributed by atoms with Gasteiger partial charge in [0, 0.05) is 12.6 Å². The molecule has 0 aliphatic rings. The van der Waals surface area contributed by atoms with Crippen LogP contribution in [0.2, 0.25) is 0 Å². The molecular weight excluding hydrogens is 374 g/mol. The molecular formula is C16H13N5O7. The average Bonchev–Trinajstić information content (AvgIpc) is 2.66. The Labute approximate surface area is 156 Å². The number of nitrogens with one attached hydrogen (secondary N) is 1. The number of aromatic nitrogens is 1. The van der Waals surface area contributed by atoms with Gasteiger partial charge in [0.1, 0.15) is 12.2 Å². The summed E-state index contributed by atoms with van der Waals surface area (Å²) in [5.74, 6) is -0.930. The zero-order valence-corrected chi connectivity index (χ0v) is 14.2. The van der Waals surface area contributed by atoms with Crippen molar-refractivity contribution in [1.29, 1.82) is 5.26 Å². The SMILES string of the molecule is N#Cc1cccc(Cn2cc([N+](=O)[O-])cc(C(=O)NCCO[N+](=O)[O-])c2=O)c1. The van der Waals surface area contributed by atoms with Crippen LogP contribution in [-0.2, 0) is 11.4 Å². The summed E-state index contributed by atoms with van der Waals surface area (Å²) in [6.07, 6.45) is 0.994. The van der Waals surface area contributed by atoms with Gasteiger partial charge < -0.3 is 14.7 Å². The van der Waals surface area contributed by atoms with E-state index in [0.717, 1.165) is 16.8 Å². The molecule has 0 aliphatic carbocycles. The number of rotatable bonds is 8. The Balaban J connectivity index is 2.32. The van der Waals surface area contributed by atoms with Gasteiger partial charge in [-0.05, 0) is 17.7 Å². The highest BCUT2D eigenvalue weighted by Gasteiger charge is 2.19. The smallest absolute Gasteiger partial charge is 0.294 e. The van der Waals surface area contributed by atoms with Crippen molar-refractivity contribution in [3.8, 4) is 6.07 Å². The van der Waals surface area contributed by atoms with Gasteiger partial charge in [-0.2, -0.15) is 5.26 Å². The Bertz CT molecular complexity index is 1020. The maximum absolute atomic E-state index is 12.6. The number of benzene rings is 1. The molecule has 2 aromatic rings. The summed E-state index contributed by atoms with van der Waals surface area (Å²) < 4.78 is 0.983. The minimum Gasteiger partial charge on any atom is -0.350 e. The van der Waals surface area contributed by atoms with Gasteiger partial charge in [-0.3, -0.25) is 19.7 Å². The van der Waals surface area contributed by atoms with Crippen LogP contribution in [0, 0.1) is 31.6 Å². The maximum atomic E-state index is 12.6. The molecule has 1 aromatic heterocycles. The number of nitro groups is 1. The highest BCUT2D eigenvalue weighted by molar-refractivity contribution is 5.94. The first-order valence-electron chi connectivity index (χ1n) is 7.75. The summed E-state index contributed by atoms with van der Waals surface area (Å²) in [4.78, 5) is 49.2. The van der Waals surface area contributed by atoms with Gasteiger partial charge in [0.2, 0.25) is 0 Å². The Morgan fingerprint density at radius 2 is 2.04 bits per heavy atom. The first-order chi connectivity index (χ1) is 13.3. The molecule has 28 heavy (non-hydrogen) atoms. The van der Waals surface area contributed by atoms with Crippen LogP contribution in [0.1, 0.15) is 21.5 Å². The van der Waals surface area contributed by atoms with Crippen molar-refractivity contribution < 1.29 is 19.6 Å². The van der Waals surface area contributed by atoms with Crippen LogP contribution in [0.15, 0.2) is 41.3 Å². The van der Waals surface area contributed by atoms with Gasteiger partial charge in [0.05, 0.1) is 29.3 Å². The molecule has 0 atom stereocenters. The van der Waals surface area contributed by atoms with Gasteiger partial charge in [-0.15, -0.1) is 10.1 Å². The topological polar surface area (TPSA) is 170 Å². The number of nitrogens with zero attached hydrogens (tertiary/aromatic N) is 4. The van der Waals surface area contributed by atoms with Crippen LogP contribution in [0.5, 0.6) is 0 Å². The second-order valence-electron chi connectivity index (χ2n) is 5.43. The van der Waals surface area contributed by atoms with E-state index in [9.17, 15) is 29.8 Å². The van der Waals surface area contributed by atoms with E-state index in [1.54, 1.807) is 18.2 Å². The van der Waals surface area contributed by atoms with Crippen LogP contribution in [-0.4, -0.2) is 33.6 Å². The van der Waals surface area contributed by atoms with Crippen molar-refractivity contribution >= 4 is 11.6 Å². The molecule has 1 aromatic carbocycles. The molecule has 0 fully saturated rings. The minimum absolute atomic E-state index is 0.0965. The zero-order chi connectivity index (χ0) is 20.7. The molecule has 0 bridgehead atoms. The van der Waals surface area contributed by atoms with Crippen LogP contribution >= 0.6 is 0 Å². The summed E-state index contributed by atoms with van der Waals surface area (Å²) in [6.45, 7) is -0.810. The van der Waals surface area contributed by atoms with Crippen molar-refractivity contribution in [3.05, 3.63) is 83.8 Å². The van der Waals surface area contributed by atoms with E-state index >= 15 is 0 Å². The molecule has 0 saturated carbocycles. The number of carbonyl (C=O) groups is 1. The van der Waals surface area contributed by atoms with Gasteiger partial charge in [0.15, 0.2) is 0 Å². The summed E-state index contributed by atoms with van der Waals surface area (Å²) in [5.41, 5.74) is -0.887. The third-order valence-corrected chi connectivity index (χ3v) is 3.52. The molecule has 1 heterocycles. The zero-order valence-electron chi connectivity index (χ0n) is 14.2. The Morgan fingerprint density at radius 1 is 1.29 bits per heavy atom. The van der Waals surface area contributed by atoms with Crippen LogP contribution in [0.25, 0.3) is 0 Å². The highest BCUT2D eigenvalue weighted by Crippen LogP contribution is 2.12. The highest BCUT2D eigenvalue weighted by atomic mass is 16.9. The monoisotopic (exact) mass is 387 g/mol. The van der Waals surface area contributed by atoms with Crippen LogP contribution in [0.3, 0.4) is 0 Å². The van der Waals surface area contributed by atoms with Crippen molar-refractivity contribution in [1.82, 2.24) is 9.88 Å². The lowest BCUT2D eigenvalue weighted by atomic mass is 10.1. The van der Waals surface area contributed by atoms with Gasteiger partial charge in [-0.25, -0.2) is 0 Å². The second-order valence-corrected chi connectivity index (χ2v) is 5.43. The lowest BCUT2D eigenvalue weighted by Crippen LogP contribution is -2.35. The quantitative estimate of drug-likeness (QED) is 0.390. The van der Waals surface area contributed by atoms with E-state index in [4.69, 9.17) is 5.26 Å². The largest absolute Gasteiger partial charge is 0.350 e. The molecule has 0 unspecified atom stereocenters. The normalized spacial score (nSPS) is 9.96. The van der Waals surface area contributed by atoms with E-state index in [2.05, 4.69) is 10.2 Å². The van der Waals surface area contributed by atoms with Crippen molar-refractivity contribution in [2.24, 2.45) is 0 Å². The molecule has 0 spiro atoms. The fourth-order valence-electron chi connectivity index (χ4n) is 2.32. The third kappa shape index (κ3) is 5.11. The van der Waals surface area contributed by atoms with E-state index in [0.29, 0.717) is 11.1 Å². The molecule has 1 N–H and O–H groups in total. The summed E-state index contributed by atoms with van der Waals surface area (Å²) >= 11 is 0. The first-order valence-corrected chi connectivity index (χ1v) is 7.75. The molecule has 12 heteroatoms. The number of carbonyl (C=O) groups excluding carboxylic acids is 1. The van der Waals surface area contributed by atoms with Crippen molar-refractivity contribution in [3.63, 3.8) is 0 Å². The maximum Gasteiger partial charge on any atom is 0.294 e. The van der Waals surface area contributed by atoms with Crippen LogP contribution < -0.4 is 10.9 Å². The van der Waals surface area contributed by atoms with Crippen molar-refractivity contribution in [2.75, 3.05) is 13.2 Å². The summed E-state index contributed by atoms with van der Waals surface area (Å²) in [5, 5.41) is 31.3. The molecule has 0 radical (unpaired) electrons. The number of amides is 1. The van der Waals surface area contributed by atoms with Gasteiger partial charge >= 0.3 is 0 Å². The lowest BCUT2D eigenvalue weighted by Gasteiger charge is -2.09. The molecule has 0 aliphatic heterocycles. The second kappa shape index (κ2) is 8.90. The standard InChI is InChI=1S/C16H13N5O7/c17-8-11-2-1-3-12(6-11)9-19-10-13(20(24)25)7-14(16(19)23)15(22)18-4-5-28-21(26)27/h1-3,6-7,10H,4-5,9H2,(H,18,22). The fourth-order valence-corrected chi connectivity index (χ4v) is 2.32. The lowest BCUT2D eigenvalue weighted by molar-refractivity contribution is -0.757.